The number of rotatable bonds is 10. The molecule has 0 heterocycles. The number of carbonyl (C=O) groups is 2. The van der Waals surface area contributed by atoms with Gasteiger partial charge in [0.15, 0.2) is 6.61 Å². The summed E-state index contributed by atoms with van der Waals surface area (Å²) in [7, 11) is 0. The minimum atomic E-state index is -0.694. The predicted molar refractivity (Wildman–Crippen MR) is 135 cm³/mol. The van der Waals surface area contributed by atoms with Gasteiger partial charge in [0.05, 0.1) is 0 Å². The quantitative estimate of drug-likeness (QED) is 0.410. The average Bonchev–Trinajstić information content (AvgIpc) is 2.75. The molecule has 0 aliphatic heterocycles. The first kappa shape index (κ1) is 27.3. The number of hydrogen-bond acceptors (Lipinski definition) is 3. The van der Waals surface area contributed by atoms with Gasteiger partial charge in [-0.1, -0.05) is 61.6 Å². The monoisotopic (exact) mass is 512 g/mol. The van der Waals surface area contributed by atoms with Crippen LogP contribution in [-0.4, -0.2) is 35.9 Å². The molecule has 2 amide bonds. The van der Waals surface area contributed by atoms with Gasteiger partial charge in [-0.25, -0.2) is 0 Å². The van der Waals surface area contributed by atoms with E-state index in [2.05, 4.69) is 5.32 Å². The minimum Gasteiger partial charge on any atom is -0.484 e. The molecule has 1 unspecified atom stereocenters. The van der Waals surface area contributed by atoms with Crippen LogP contribution in [0.25, 0.3) is 0 Å². The Labute approximate surface area is 211 Å². The van der Waals surface area contributed by atoms with Crippen LogP contribution < -0.4 is 10.1 Å². The fraction of sp³-hybridized carbons (Fsp3) is 0.440. The van der Waals surface area contributed by atoms with E-state index in [0.717, 1.165) is 11.1 Å². The molecule has 5 nitrogen and oxygen atoms in total. The van der Waals surface area contributed by atoms with Crippen LogP contribution in [0.1, 0.15) is 43.9 Å². The third-order valence-electron chi connectivity index (χ3n) is 5.23. The number of ether oxygens (including phenoxy) is 1. The van der Waals surface area contributed by atoms with Gasteiger partial charge in [0.2, 0.25) is 5.91 Å². The number of amides is 2. The molecular formula is C25H31Cl3N2O3. The smallest absolute Gasteiger partial charge is 0.261 e. The maximum atomic E-state index is 13.3. The molecule has 0 aromatic heterocycles. The summed E-state index contributed by atoms with van der Waals surface area (Å²) in [6.07, 6.45) is 0.427. The van der Waals surface area contributed by atoms with Gasteiger partial charge in [0, 0.05) is 33.7 Å². The summed E-state index contributed by atoms with van der Waals surface area (Å²) in [6, 6.07) is 8.03. The third-order valence-corrected chi connectivity index (χ3v) is 6.54. The second-order valence-corrected chi connectivity index (χ2v) is 9.64. The van der Waals surface area contributed by atoms with E-state index in [9.17, 15) is 9.59 Å². The van der Waals surface area contributed by atoms with E-state index in [4.69, 9.17) is 39.5 Å². The van der Waals surface area contributed by atoms with E-state index in [1.165, 1.54) is 4.90 Å². The van der Waals surface area contributed by atoms with Crippen molar-refractivity contribution in [2.75, 3.05) is 13.2 Å². The molecule has 0 radical (unpaired) electrons. The maximum Gasteiger partial charge on any atom is 0.261 e. The van der Waals surface area contributed by atoms with Crippen molar-refractivity contribution in [3.8, 4) is 5.75 Å². The normalized spacial score (nSPS) is 11.9. The van der Waals surface area contributed by atoms with E-state index in [-0.39, 0.29) is 30.9 Å². The summed E-state index contributed by atoms with van der Waals surface area (Å²) in [4.78, 5) is 27.8. The molecule has 0 saturated carbocycles. The van der Waals surface area contributed by atoms with Crippen molar-refractivity contribution in [3.63, 3.8) is 0 Å². The Balaban J connectivity index is 2.30. The highest BCUT2D eigenvalue weighted by molar-refractivity contribution is 6.36. The van der Waals surface area contributed by atoms with Crippen molar-refractivity contribution in [2.45, 2.75) is 53.6 Å². The Hall–Kier alpha value is -1.95. The van der Waals surface area contributed by atoms with Gasteiger partial charge >= 0.3 is 0 Å². The average molecular weight is 514 g/mol. The van der Waals surface area contributed by atoms with E-state index < -0.39 is 6.04 Å². The van der Waals surface area contributed by atoms with Gasteiger partial charge in [-0.3, -0.25) is 9.59 Å². The molecule has 2 rings (SSSR count). The molecule has 2 aromatic rings. The first-order chi connectivity index (χ1) is 15.5. The SMILES string of the molecule is CCC(C(=O)NCC(C)C)N(Cc1c(Cl)cccc1Cl)C(=O)COc1cc(C)c(Cl)c(C)c1. The van der Waals surface area contributed by atoms with Crippen LogP contribution in [0.5, 0.6) is 5.75 Å². The van der Waals surface area contributed by atoms with E-state index in [0.29, 0.717) is 39.3 Å². The third kappa shape index (κ3) is 7.53. The lowest BCUT2D eigenvalue weighted by atomic mass is 10.1. The molecule has 1 N–H and O–H groups in total. The second-order valence-electron chi connectivity index (χ2n) is 8.44. The molecule has 0 bridgehead atoms. The number of hydrogen-bond donors (Lipinski definition) is 1. The molecule has 8 heteroatoms. The van der Waals surface area contributed by atoms with Gasteiger partial charge in [-0.2, -0.15) is 0 Å². The number of carbonyl (C=O) groups excluding carboxylic acids is 2. The molecule has 0 aliphatic carbocycles. The highest BCUT2D eigenvalue weighted by Crippen LogP contribution is 2.28. The fourth-order valence-electron chi connectivity index (χ4n) is 3.41. The van der Waals surface area contributed by atoms with Crippen molar-refractivity contribution >= 4 is 46.6 Å². The molecule has 0 aliphatic rings. The Morgan fingerprint density at radius 1 is 1.06 bits per heavy atom. The highest BCUT2D eigenvalue weighted by Gasteiger charge is 2.30. The Bertz CT molecular complexity index is 952. The van der Waals surface area contributed by atoms with Crippen molar-refractivity contribution in [3.05, 3.63) is 62.1 Å². The van der Waals surface area contributed by atoms with E-state index in [1.807, 2.05) is 34.6 Å². The molecule has 1 atom stereocenters. The largest absolute Gasteiger partial charge is 0.484 e. The van der Waals surface area contributed by atoms with Crippen LogP contribution in [0.15, 0.2) is 30.3 Å². The van der Waals surface area contributed by atoms with Gasteiger partial charge in [-0.15, -0.1) is 0 Å². The van der Waals surface area contributed by atoms with E-state index in [1.54, 1.807) is 30.3 Å². The summed E-state index contributed by atoms with van der Waals surface area (Å²) >= 11 is 19.0. The summed E-state index contributed by atoms with van der Waals surface area (Å²) in [5.74, 6) is 0.257. The number of aryl methyl sites for hydroxylation is 2. The minimum absolute atomic E-state index is 0.0903. The van der Waals surface area contributed by atoms with Crippen LogP contribution in [0.4, 0.5) is 0 Å². The molecule has 0 fully saturated rings. The summed E-state index contributed by atoms with van der Waals surface area (Å²) in [6.45, 7) is 10.0. The maximum absolute atomic E-state index is 13.3. The first-order valence-corrected chi connectivity index (χ1v) is 12.1. The predicted octanol–water partition coefficient (Wildman–Crippen LogP) is 6.22. The van der Waals surface area contributed by atoms with Crippen molar-refractivity contribution in [1.82, 2.24) is 10.2 Å². The molecule has 0 saturated heterocycles. The Kier molecular flexibility index (Phi) is 10.3. The zero-order valence-electron chi connectivity index (χ0n) is 19.7. The first-order valence-electron chi connectivity index (χ1n) is 10.9. The lowest BCUT2D eigenvalue weighted by Gasteiger charge is -2.31. The summed E-state index contributed by atoms with van der Waals surface area (Å²) in [5, 5.41) is 4.45. The molecule has 0 spiro atoms. The Morgan fingerprint density at radius 2 is 1.64 bits per heavy atom. The number of halogens is 3. The lowest BCUT2D eigenvalue weighted by molar-refractivity contribution is -0.143. The zero-order chi connectivity index (χ0) is 24.7. The van der Waals surface area contributed by atoms with E-state index >= 15 is 0 Å². The van der Waals surface area contributed by atoms with Crippen molar-refractivity contribution in [2.24, 2.45) is 5.92 Å². The molecule has 180 valence electrons. The van der Waals surface area contributed by atoms with Gasteiger partial charge in [-0.05, 0) is 61.6 Å². The number of nitrogens with zero attached hydrogens (tertiary/aromatic N) is 1. The standard InChI is InChI=1S/C25H31Cl3N2O3/c1-6-22(25(32)29-12-15(2)3)30(13-19-20(26)8-7-9-21(19)27)23(31)14-33-18-10-16(4)24(28)17(5)11-18/h7-11,15,22H,6,12-14H2,1-5H3,(H,29,32). The highest BCUT2D eigenvalue weighted by atomic mass is 35.5. The van der Waals surface area contributed by atoms with Crippen LogP contribution in [-0.2, 0) is 16.1 Å². The number of benzene rings is 2. The second kappa shape index (κ2) is 12.5. The number of nitrogens with one attached hydrogen (secondary N) is 1. The molecule has 33 heavy (non-hydrogen) atoms. The summed E-state index contributed by atoms with van der Waals surface area (Å²) < 4.78 is 5.79. The lowest BCUT2D eigenvalue weighted by Crippen LogP contribution is -2.50. The van der Waals surface area contributed by atoms with Crippen LogP contribution in [0, 0.1) is 19.8 Å². The summed E-state index contributed by atoms with van der Waals surface area (Å²) in [5.41, 5.74) is 2.30. The molecular weight excluding hydrogens is 483 g/mol. The van der Waals surface area contributed by atoms with Gasteiger partial charge in [0.25, 0.3) is 5.91 Å². The topological polar surface area (TPSA) is 58.6 Å². The van der Waals surface area contributed by atoms with Gasteiger partial charge in [0.1, 0.15) is 11.8 Å². The van der Waals surface area contributed by atoms with Gasteiger partial charge < -0.3 is 15.0 Å². The van der Waals surface area contributed by atoms with Crippen LogP contribution in [0.3, 0.4) is 0 Å². The zero-order valence-corrected chi connectivity index (χ0v) is 21.9. The molecule has 2 aromatic carbocycles. The fourth-order valence-corrected chi connectivity index (χ4v) is 4.04. The van der Waals surface area contributed by atoms with Crippen LogP contribution >= 0.6 is 34.8 Å². The Morgan fingerprint density at radius 3 is 2.15 bits per heavy atom. The van der Waals surface area contributed by atoms with Crippen molar-refractivity contribution in [1.29, 1.82) is 0 Å². The van der Waals surface area contributed by atoms with Crippen LogP contribution in [0.2, 0.25) is 15.1 Å². The van der Waals surface area contributed by atoms with Crippen molar-refractivity contribution < 1.29 is 14.3 Å².